The van der Waals surface area contributed by atoms with Gasteiger partial charge in [0.1, 0.15) is 0 Å². The molecule has 1 aromatic rings. The first-order chi connectivity index (χ1) is 14.3. The molecule has 0 bridgehead atoms. The minimum absolute atomic E-state index is 0.105. The van der Waals surface area contributed by atoms with Crippen LogP contribution in [0.5, 0.6) is 0 Å². The number of fused-ring (bicyclic) bond motifs is 2. The molecule has 9 heteroatoms. The van der Waals surface area contributed by atoms with Gasteiger partial charge in [-0.2, -0.15) is 0 Å². The first kappa shape index (κ1) is 22.6. The van der Waals surface area contributed by atoms with E-state index in [2.05, 4.69) is 16.1 Å². The number of aryl methyl sites for hydroxylation is 2. The number of amides is 3. The molecule has 0 unspecified atom stereocenters. The quantitative estimate of drug-likeness (QED) is 0.615. The first-order valence-electron chi connectivity index (χ1n) is 10.5. The lowest BCUT2D eigenvalue weighted by Gasteiger charge is -2.18. The van der Waals surface area contributed by atoms with Crippen molar-refractivity contribution in [1.82, 2.24) is 9.62 Å². The number of nitrogens with zero attached hydrogens (tertiary/aromatic N) is 1. The number of nitrogens with one attached hydrogen (secondary N) is 2. The van der Waals surface area contributed by atoms with Crippen LogP contribution in [0.25, 0.3) is 0 Å². The van der Waals surface area contributed by atoms with Gasteiger partial charge < -0.3 is 15.0 Å². The number of ether oxygens (including phenoxy) is 1. The summed E-state index contributed by atoms with van der Waals surface area (Å²) >= 11 is 0. The number of rotatable bonds is 9. The summed E-state index contributed by atoms with van der Waals surface area (Å²) in [4.78, 5) is 25.8. The molecule has 0 atom stereocenters. The highest BCUT2D eigenvalue weighted by Crippen LogP contribution is 2.38. The van der Waals surface area contributed by atoms with Crippen molar-refractivity contribution in [2.75, 3.05) is 38.4 Å². The molecule has 2 aliphatic rings. The molecule has 0 spiro atoms. The van der Waals surface area contributed by atoms with Crippen molar-refractivity contribution in [3.05, 3.63) is 28.3 Å². The van der Waals surface area contributed by atoms with Gasteiger partial charge in [-0.25, -0.2) is 17.9 Å². The van der Waals surface area contributed by atoms with Gasteiger partial charge in [0.2, 0.25) is 15.9 Å². The highest BCUT2D eigenvalue weighted by atomic mass is 32.2. The van der Waals surface area contributed by atoms with Crippen molar-refractivity contribution >= 4 is 27.6 Å². The maximum atomic E-state index is 12.5. The van der Waals surface area contributed by atoms with Gasteiger partial charge in [0, 0.05) is 26.4 Å². The van der Waals surface area contributed by atoms with Gasteiger partial charge in [-0.1, -0.05) is 6.07 Å². The Morgan fingerprint density at radius 2 is 1.73 bits per heavy atom. The van der Waals surface area contributed by atoms with Crippen LogP contribution in [0.4, 0.5) is 10.5 Å². The molecule has 1 aromatic carbocycles. The Labute approximate surface area is 178 Å². The van der Waals surface area contributed by atoms with Gasteiger partial charge in [-0.15, -0.1) is 0 Å². The SMILES string of the molecule is COCCC(=O)N(C)CCCS(=O)(=O)NC(=O)Nc1c2c(cc3c1CCC3)CCC2. The zero-order valence-corrected chi connectivity index (χ0v) is 18.6. The van der Waals surface area contributed by atoms with E-state index in [1.807, 2.05) is 0 Å². The standard InChI is InChI=1S/C21H31N3O5S/c1-24(19(25)10-12-29-2)11-5-13-30(27,28)23-21(26)22-20-17-8-3-6-15(17)14-16-7-4-9-18(16)20/h14H,3-13H2,1-2H3,(H2,22,23,26). The Bertz CT molecular complexity index is 881. The molecule has 0 aromatic heterocycles. The molecule has 2 aliphatic carbocycles. The molecule has 0 saturated heterocycles. The van der Waals surface area contributed by atoms with Gasteiger partial charge in [0.05, 0.1) is 18.8 Å². The summed E-state index contributed by atoms with van der Waals surface area (Å²) in [6.07, 6.45) is 6.46. The number of urea groups is 1. The molecule has 166 valence electrons. The summed E-state index contributed by atoms with van der Waals surface area (Å²) in [7, 11) is -0.643. The average molecular weight is 438 g/mol. The Balaban J connectivity index is 1.55. The fourth-order valence-electron chi connectivity index (χ4n) is 4.30. The van der Waals surface area contributed by atoms with Crippen molar-refractivity contribution in [3.8, 4) is 0 Å². The topological polar surface area (TPSA) is 105 Å². The monoisotopic (exact) mass is 437 g/mol. The fraction of sp³-hybridized carbons (Fsp3) is 0.619. The highest BCUT2D eigenvalue weighted by Gasteiger charge is 2.26. The minimum Gasteiger partial charge on any atom is -0.384 e. The first-order valence-corrected chi connectivity index (χ1v) is 12.2. The van der Waals surface area contributed by atoms with Gasteiger partial charge >= 0.3 is 6.03 Å². The third-order valence-corrected chi connectivity index (χ3v) is 7.13. The molecule has 0 fully saturated rings. The zero-order chi connectivity index (χ0) is 21.7. The summed E-state index contributed by atoms with van der Waals surface area (Å²) in [5, 5.41) is 2.83. The van der Waals surface area contributed by atoms with Crippen LogP contribution < -0.4 is 10.0 Å². The van der Waals surface area contributed by atoms with E-state index in [1.54, 1.807) is 7.05 Å². The molecule has 8 nitrogen and oxygen atoms in total. The van der Waals surface area contributed by atoms with Crippen LogP contribution in [-0.4, -0.2) is 58.3 Å². The van der Waals surface area contributed by atoms with Crippen LogP contribution >= 0.6 is 0 Å². The van der Waals surface area contributed by atoms with E-state index in [0.29, 0.717) is 13.2 Å². The molecule has 30 heavy (non-hydrogen) atoms. The van der Waals surface area contributed by atoms with Crippen molar-refractivity contribution in [2.45, 2.75) is 51.4 Å². The molecule has 0 aliphatic heterocycles. The molecule has 3 amide bonds. The summed E-state index contributed by atoms with van der Waals surface area (Å²) in [5.41, 5.74) is 5.66. The molecule has 3 rings (SSSR count). The lowest BCUT2D eigenvalue weighted by atomic mass is 9.99. The lowest BCUT2D eigenvalue weighted by molar-refractivity contribution is -0.130. The number of anilines is 1. The number of hydrogen-bond acceptors (Lipinski definition) is 5. The van der Waals surface area contributed by atoms with Crippen LogP contribution in [0.15, 0.2) is 6.07 Å². The third-order valence-electron chi connectivity index (χ3n) is 5.81. The summed E-state index contributed by atoms with van der Waals surface area (Å²) in [6, 6.07) is 1.54. The Morgan fingerprint density at radius 3 is 2.33 bits per heavy atom. The molecule has 2 N–H and O–H groups in total. The van der Waals surface area contributed by atoms with Crippen LogP contribution in [0, 0.1) is 0 Å². The van der Waals surface area contributed by atoms with Crippen molar-refractivity contribution < 1.29 is 22.7 Å². The number of carbonyl (C=O) groups is 2. The van der Waals surface area contributed by atoms with E-state index in [4.69, 9.17) is 4.74 Å². The molecule has 0 radical (unpaired) electrons. The number of hydrogen-bond donors (Lipinski definition) is 2. The van der Waals surface area contributed by atoms with Crippen LogP contribution in [0.1, 0.15) is 47.9 Å². The highest BCUT2D eigenvalue weighted by molar-refractivity contribution is 7.90. The Morgan fingerprint density at radius 1 is 1.10 bits per heavy atom. The lowest BCUT2D eigenvalue weighted by Crippen LogP contribution is -2.37. The molecular formula is C21H31N3O5S. The number of benzene rings is 1. The Kier molecular flexibility index (Phi) is 7.36. The van der Waals surface area contributed by atoms with E-state index >= 15 is 0 Å². The van der Waals surface area contributed by atoms with Crippen LogP contribution in [0.2, 0.25) is 0 Å². The average Bonchev–Trinajstić information content (AvgIpc) is 3.34. The largest absolute Gasteiger partial charge is 0.384 e. The second-order valence-electron chi connectivity index (χ2n) is 8.02. The normalized spacial score (nSPS) is 14.9. The fourth-order valence-corrected chi connectivity index (χ4v) is 5.24. The smallest absolute Gasteiger partial charge is 0.332 e. The van der Waals surface area contributed by atoms with Crippen LogP contribution in [0.3, 0.4) is 0 Å². The van der Waals surface area contributed by atoms with E-state index in [-0.39, 0.29) is 24.5 Å². The summed E-state index contributed by atoms with van der Waals surface area (Å²) < 4.78 is 31.6. The van der Waals surface area contributed by atoms with E-state index in [0.717, 1.165) is 55.3 Å². The number of sulfonamides is 1. The van der Waals surface area contributed by atoms with Crippen molar-refractivity contribution in [3.63, 3.8) is 0 Å². The maximum Gasteiger partial charge on any atom is 0.332 e. The predicted molar refractivity (Wildman–Crippen MR) is 115 cm³/mol. The summed E-state index contributed by atoms with van der Waals surface area (Å²) in [6.45, 7) is 0.626. The zero-order valence-electron chi connectivity index (χ0n) is 17.8. The second kappa shape index (κ2) is 9.78. The molecule has 0 saturated carbocycles. The van der Waals surface area contributed by atoms with Crippen LogP contribution in [-0.2, 0) is 45.2 Å². The molecular weight excluding hydrogens is 406 g/mol. The summed E-state index contributed by atoms with van der Waals surface area (Å²) in [5.74, 6) is -0.334. The van der Waals surface area contributed by atoms with E-state index in [1.165, 1.54) is 23.1 Å². The van der Waals surface area contributed by atoms with Crippen molar-refractivity contribution in [2.24, 2.45) is 0 Å². The van der Waals surface area contributed by atoms with Gasteiger partial charge in [0.15, 0.2) is 0 Å². The number of carbonyl (C=O) groups excluding carboxylic acids is 2. The van der Waals surface area contributed by atoms with Gasteiger partial charge in [-0.3, -0.25) is 4.79 Å². The van der Waals surface area contributed by atoms with E-state index in [9.17, 15) is 18.0 Å². The predicted octanol–water partition coefficient (Wildman–Crippen LogP) is 2.00. The maximum absolute atomic E-state index is 12.5. The third kappa shape index (κ3) is 5.51. The van der Waals surface area contributed by atoms with E-state index < -0.39 is 16.1 Å². The van der Waals surface area contributed by atoms with Gasteiger partial charge in [-0.05, 0) is 67.2 Å². The van der Waals surface area contributed by atoms with Crippen molar-refractivity contribution in [1.29, 1.82) is 0 Å². The van der Waals surface area contributed by atoms with Gasteiger partial charge in [0.25, 0.3) is 0 Å². The minimum atomic E-state index is -3.79. The number of methoxy groups -OCH3 is 1. The Hall–Kier alpha value is -2.13. The molecule has 0 heterocycles. The second-order valence-corrected chi connectivity index (χ2v) is 9.86.